The van der Waals surface area contributed by atoms with Gasteiger partial charge in [0, 0.05) is 40.8 Å². The fraction of sp³-hybridized carbons (Fsp3) is 1.00. The quantitative estimate of drug-likeness (QED) is 0.563. The molecule has 0 bridgehead atoms. The van der Waals surface area contributed by atoms with E-state index in [2.05, 4.69) is 4.52 Å². The van der Waals surface area contributed by atoms with Crippen LogP contribution in [0.25, 0.3) is 0 Å². The summed E-state index contributed by atoms with van der Waals surface area (Å²) in [5.41, 5.74) is 0. The Kier molecular flexibility index (Phi) is 13.4. The highest BCUT2D eigenvalue weighted by atomic mass is 31.2. The molecule has 0 aromatic heterocycles. The van der Waals surface area contributed by atoms with E-state index in [1.165, 1.54) is 28.0 Å². The van der Waals surface area contributed by atoms with Crippen molar-refractivity contribution in [2.75, 3.05) is 66.3 Å². The van der Waals surface area contributed by atoms with Crippen molar-refractivity contribution in [1.82, 2.24) is 4.90 Å². The van der Waals surface area contributed by atoms with Crippen LogP contribution in [-0.4, -0.2) is 76.3 Å². The van der Waals surface area contributed by atoms with Crippen LogP contribution in [0.4, 0.5) is 0 Å². The first kappa shape index (κ1) is 25.7. The molecule has 0 aliphatic rings. The predicted molar refractivity (Wildman–Crippen MR) is 95.4 cm³/mol. The number of hydrogen-bond acceptors (Lipinski definition) is 8. The molecule has 142 valence electrons. The molecule has 0 amide bonds. The molecule has 0 fully saturated rings. The SMILES string of the molecule is CCN(CP(C)(=O)OC)CP(=O)(CO)OC.CCP(C)(=O)OC. The van der Waals surface area contributed by atoms with E-state index in [4.69, 9.17) is 14.2 Å². The van der Waals surface area contributed by atoms with Crippen molar-refractivity contribution in [3.8, 4) is 0 Å². The molecule has 0 aromatic carbocycles. The molecule has 0 aliphatic carbocycles. The Balaban J connectivity index is 0. The maximum Gasteiger partial charge on any atom is 0.240 e. The van der Waals surface area contributed by atoms with Gasteiger partial charge in [0.15, 0.2) is 7.37 Å². The highest BCUT2D eigenvalue weighted by Crippen LogP contribution is 2.48. The number of aliphatic hydroxyl groups excluding tert-OH is 1. The Morgan fingerprint density at radius 1 is 0.870 bits per heavy atom. The molecule has 0 rings (SSSR count). The van der Waals surface area contributed by atoms with Crippen LogP contribution in [0, 0.1) is 0 Å². The number of hydrogen-bond donors (Lipinski definition) is 1. The number of rotatable bonds is 10. The van der Waals surface area contributed by atoms with E-state index in [0.717, 1.165) is 0 Å². The molecule has 0 heterocycles. The standard InChI is InChI=1S/C8H21NO5P2.C4H11O2P/c1-5-9(6-15(4,11)13-2)7-16(12,8-10)14-3;1-4-7(3,5)6-2/h10H,5-8H2,1-4H3;4H2,1-3H3. The van der Waals surface area contributed by atoms with Crippen LogP contribution in [0.1, 0.15) is 13.8 Å². The van der Waals surface area contributed by atoms with Crippen LogP contribution >= 0.6 is 22.1 Å². The van der Waals surface area contributed by atoms with Gasteiger partial charge in [-0.3, -0.25) is 18.6 Å². The Bertz CT molecular complexity index is 442. The van der Waals surface area contributed by atoms with Gasteiger partial charge in [-0.15, -0.1) is 0 Å². The zero-order valence-electron chi connectivity index (χ0n) is 15.2. The van der Waals surface area contributed by atoms with Crippen molar-refractivity contribution >= 4 is 22.1 Å². The topological polar surface area (TPSA) is 102 Å². The van der Waals surface area contributed by atoms with Gasteiger partial charge in [-0.1, -0.05) is 13.8 Å². The Labute approximate surface area is 140 Å². The van der Waals surface area contributed by atoms with Crippen molar-refractivity contribution < 1.29 is 32.4 Å². The molecule has 0 spiro atoms. The summed E-state index contributed by atoms with van der Waals surface area (Å²) >= 11 is 0. The Hall–Kier alpha value is 0.490. The summed E-state index contributed by atoms with van der Waals surface area (Å²) in [6.07, 6.45) is 0.398. The summed E-state index contributed by atoms with van der Waals surface area (Å²) < 4.78 is 48.7. The second kappa shape index (κ2) is 11.9. The van der Waals surface area contributed by atoms with Crippen LogP contribution in [0.2, 0.25) is 0 Å². The zero-order valence-corrected chi connectivity index (χ0v) is 17.9. The van der Waals surface area contributed by atoms with E-state index < -0.39 is 28.5 Å². The van der Waals surface area contributed by atoms with Crippen LogP contribution in [-0.2, 0) is 27.3 Å². The molecule has 0 saturated carbocycles. The first-order chi connectivity index (χ1) is 10.4. The first-order valence-corrected chi connectivity index (χ1v) is 13.7. The van der Waals surface area contributed by atoms with Gasteiger partial charge in [-0.2, -0.15) is 0 Å². The summed E-state index contributed by atoms with van der Waals surface area (Å²) in [6, 6.07) is 0. The van der Waals surface area contributed by atoms with E-state index >= 15 is 0 Å². The van der Waals surface area contributed by atoms with Crippen LogP contribution in [0.3, 0.4) is 0 Å². The smallest absolute Gasteiger partial charge is 0.240 e. The Morgan fingerprint density at radius 2 is 1.35 bits per heavy atom. The molecular formula is C12H32NO7P3. The maximum atomic E-state index is 11.8. The van der Waals surface area contributed by atoms with Crippen molar-refractivity contribution in [3.63, 3.8) is 0 Å². The lowest BCUT2D eigenvalue weighted by Crippen LogP contribution is -2.27. The molecule has 0 aromatic rings. The monoisotopic (exact) mass is 395 g/mol. The second-order valence-corrected chi connectivity index (χ2v) is 13.4. The minimum Gasteiger partial charge on any atom is -0.386 e. The maximum absolute atomic E-state index is 11.8. The highest BCUT2D eigenvalue weighted by Gasteiger charge is 2.27. The summed E-state index contributed by atoms with van der Waals surface area (Å²) in [5.74, 6) is 0. The van der Waals surface area contributed by atoms with Gasteiger partial charge in [0.25, 0.3) is 0 Å². The van der Waals surface area contributed by atoms with E-state index in [0.29, 0.717) is 12.7 Å². The number of aliphatic hydroxyl groups is 1. The normalized spacial score (nSPS) is 19.2. The summed E-state index contributed by atoms with van der Waals surface area (Å²) in [5, 5.41) is 8.97. The second-order valence-electron chi connectivity index (χ2n) is 5.12. The van der Waals surface area contributed by atoms with Gasteiger partial charge in [-0.25, -0.2) is 0 Å². The molecule has 0 saturated heterocycles. The third kappa shape index (κ3) is 12.5. The fourth-order valence-electron chi connectivity index (χ4n) is 1.26. The molecule has 8 nitrogen and oxygen atoms in total. The third-order valence-electron chi connectivity index (χ3n) is 3.21. The molecule has 3 unspecified atom stereocenters. The van der Waals surface area contributed by atoms with Gasteiger partial charge < -0.3 is 18.7 Å². The minimum absolute atomic E-state index is 0.0810. The summed E-state index contributed by atoms with van der Waals surface area (Å²) in [7, 11) is -3.73. The van der Waals surface area contributed by atoms with Crippen molar-refractivity contribution in [3.05, 3.63) is 0 Å². The van der Waals surface area contributed by atoms with Crippen molar-refractivity contribution in [1.29, 1.82) is 0 Å². The molecule has 11 heteroatoms. The number of nitrogens with zero attached hydrogens (tertiary/aromatic N) is 1. The van der Waals surface area contributed by atoms with Crippen molar-refractivity contribution in [2.45, 2.75) is 13.8 Å². The lowest BCUT2D eigenvalue weighted by Gasteiger charge is -2.26. The van der Waals surface area contributed by atoms with Gasteiger partial charge in [0.1, 0.15) is 6.35 Å². The van der Waals surface area contributed by atoms with E-state index in [-0.39, 0.29) is 12.6 Å². The molecular weight excluding hydrogens is 363 g/mol. The summed E-state index contributed by atoms with van der Waals surface area (Å²) in [4.78, 5) is 1.70. The lowest BCUT2D eigenvalue weighted by molar-refractivity contribution is 0.281. The van der Waals surface area contributed by atoms with Gasteiger partial charge in [0.2, 0.25) is 14.7 Å². The molecule has 3 atom stereocenters. The third-order valence-corrected chi connectivity index (χ3v) is 8.75. The minimum atomic E-state index is -3.05. The van der Waals surface area contributed by atoms with E-state index in [9.17, 15) is 13.7 Å². The molecule has 0 radical (unpaired) electrons. The first-order valence-electron chi connectivity index (χ1n) is 7.16. The zero-order chi connectivity index (χ0) is 18.7. The predicted octanol–water partition coefficient (Wildman–Crippen LogP) is 3.21. The average molecular weight is 395 g/mol. The average Bonchev–Trinajstić information content (AvgIpc) is 2.54. The molecule has 1 N–H and O–H groups in total. The molecule has 0 aliphatic heterocycles. The lowest BCUT2D eigenvalue weighted by atomic mass is 10.7. The van der Waals surface area contributed by atoms with Crippen LogP contribution in [0.5, 0.6) is 0 Å². The van der Waals surface area contributed by atoms with Crippen LogP contribution < -0.4 is 0 Å². The van der Waals surface area contributed by atoms with Gasteiger partial charge >= 0.3 is 0 Å². The Morgan fingerprint density at radius 3 is 1.57 bits per heavy atom. The fourth-order valence-corrected chi connectivity index (χ4v) is 4.05. The van der Waals surface area contributed by atoms with Crippen LogP contribution in [0.15, 0.2) is 0 Å². The van der Waals surface area contributed by atoms with E-state index in [1.54, 1.807) is 11.6 Å². The van der Waals surface area contributed by atoms with Crippen molar-refractivity contribution in [2.24, 2.45) is 0 Å². The van der Waals surface area contributed by atoms with Gasteiger partial charge in [-0.05, 0) is 6.54 Å². The van der Waals surface area contributed by atoms with E-state index in [1.807, 2.05) is 13.8 Å². The van der Waals surface area contributed by atoms with Gasteiger partial charge in [0.05, 0.1) is 12.6 Å². The summed E-state index contributed by atoms with van der Waals surface area (Å²) in [6.45, 7) is 7.42. The highest BCUT2D eigenvalue weighted by molar-refractivity contribution is 7.59. The molecule has 23 heavy (non-hydrogen) atoms. The largest absolute Gasteiger partial charge is 0.386 e.